The fourth-order valence-corrected chi connectivity index (χ4v) is 7.25. The topological polar surface area (TPSA) is 91.0 Å². The molecule has 7 heteroatoms. The zero-order valence-electron chi connectivity index (χ0n) is 28.0. The highest BCUT2D eigenvalue weighted by molar-refractivity contribution is 6.13. The minimum atomic E-state index is 0.531. The number of furan rings is 2. The third-order valence-corrected chi connectivity index (χ3v) is 9.81. The van der Waals surface area contributed by atoms with Gasteiger partial charge in [0, 0.05) is 38.2 Å². The SMILES string of the molecule is c1ccc(-c2nc(-c3cccc4c3oc3ccccc34)nc(-c3cccc4oc5ccc(-c6ccc(-c7nc8ccccc8o7)cc6)cc5c34)n2)cc1. The van der Waals surface area contributed by atoms with E-state index in [0.29, 0.717) is 23.4 Å². The molecule has 53 heavy (non-hydrogen) atoms. The van der Waals surface area contributed by atoms with E-state index in [0.717, 1.165) is 88.4 Å². The van der Waals surface area contributed by atoms with Crippen LogP contribution in [0.3, 0.4) is 0 Å². The Morgan fingerprint density at radius 2 is 0.981 bits per heavy atom. The molecule has 0 unspecified atom stereocenters. The van der Waals surface area contributed by atoms with E-state index in [1.54, 1.807) is 0 Å². The molecule has 0 aliphatic rings. The van der Waals surface area contributed by atoms with E-state index in [4.69, 9.17) is 28.2 Å². The lowest BCUT2D eigenvalue weighted by Gasteiger charge is -2.09. The van der Waals surface area contributed by atoms with Gasteiger partial charge in [-0.25, -0.2) is 19.9 Å². The molecule has 11 rings (SSSR count). The van der Waals surface area contributed by atoms with Gasteiger partial charge >= 0.3 is 0 Å². The summed E-state index contributed by atoms with van der Waals surface area (Å²) in [6.45, 7) is 0. The highest BCUT2D eigenvalue weighted by Crippen LogP contribution is 2.40. The smallest absolute Gasteiger partial charge is 0.227 e. The number of nitrogens with zero attached hydrogens (tertiary/aromatic N) is 4. The Kier molecular flexibility index (Phi) is 6.42. The minimum absolute atomic E-state index is 0.531. The molecular weight excluding hydrogens is 657 g/mol. The van der Waals surface area contributed by atoms with Crippen LogP contribution in [0.15, 0.2) is 171 Å². The number of benzene rings is 7. The molecule has 0 saturated heterocycles. The lowest BCUT2D eigenvalue weighted by Crippen LogP contribution is -2.00. The first-order valence-electron chi connectivity index (χ1n) is 17.4. The Morgan fingerprint density at radius 1 is 0.340 bits per heavy atom. The Hall–Kier alpha value is -7.38. The molecule has 7 nitrogen and oxygen atoms in total. The van der Waals surface area contributed by atoms with Crippen molar-refractivity contribution in [2.75, 3.05) is 0 Å². The van der Waals surface area contributed by atoms with Crippen molar-refractivity contribution in [3.8, 4) is 56.7 Å². The molecule has 0 atom stereocenters. The molecule has 0 fully saturated rings. The fraction of sp³-hybridized carbons (Fsp3) is 0. The van der Waals surface area contributed by atoms with Crippen LogP contribution in [0.2, 0.25) is 0 Å². The van der Waals surface area contributed by atoms with Crippen molar-refractivity contribution in [3.63, 3.8) is 0 Å². The summed E-state index contributed by atoms with van der Waals surface area (Å²) < 4.78 is 18.9. The molecule has 0 N–H and O–H groups in total. The van der Waals surface area contributed by atoms with E-state index in [1.165, 1.54) is 0 Å². The van der Waals surface area contributed by atoms with Gasteiger partial charge in [0.25, 0.3) is 0 Å². The lowest BCUT2D eigenvalue weighted by atomic mass is 9.99. The molecule has 4 aromatic heterocycles. The van der Waals surface area contributed by atoms with Crippen molar-refractivity contribution < 1.29 is 13.3 Å². The van der Waals surface area contributed by atoms with Gasteiger partial charge in [0.1, 0.15) is 27.8 Å². The van der Waals surface area contributed by atoms with E-state index >= 15 is 0 Å². The van der Waals surface area contributed by atoms with Gasteiger partial charge in [0.15, 0.2) is 23.1 Å². The lowest BCUT2D eigenvalue weighted by molar-refractivity contribution is 0.620. The monoisotopic (exact) mass is 682 g/mol. The Balaban J connectivity index is 1.07. The number of oxazole rings is 1. The highest BCUT2D eigenvalue weighted by atomic mass is 16.3. The first-order valence-corrected chi connectivity index (χ1v) is 17.4. The average Bonchev–Trinajstić information content (AvgIpc) is 3.94. The van der Waals surface area contributed by atoms with Crippen LogP contribution in [0.5, 0.6) is 0 Å². The number of aromatic nitrogens is 4. The van der Waals surface area contributed by atoms with Gasteiger partial charge in [-0.1, -0.05) is 103 Å². The Morgan fingerprint density at radius 3 is 1.85 bits per heavy atom. The summed E-state index contributed by atoms with van der Waals surface area (Å²) in [5.41, 5.74) is 10.3. The molecule has 0 amide bonds. The summed E-state index contributed by atoms with van der Waals surface area (Å²) in [5.74, 6) is 2.25. The maximum absolute atomic E-state index is 6.43. The second-order valence-electron chi connectivity index (χ2n) is 13.0. The van der Waals surface area contributed by atoms with Crippen molar-refractivity contribution >= 4 is 55.0 Å². The van der Waals surface area contributed by atoms with E-state index < -0.39 is 0 Å². The number of para-hydroxylation sites is 4. The van der Waals surface area contributed by atoms with Crippen LogP contribution in [-0.4, -0.2) is 19.9 Å². The van der Waals surface area contributed by atoms with Gasteiger partial charge in [-0.05, 0) is 65.7 Å². The molecule has 0 aliphatic heterocycles. The first-order chi connectivity index (χ1) is 26.2. The second-order valence-corrected chi connectivity index (χ2v) is 13.0. The fourth-order valence-electron chi connectivity index (χ4n) is 7.25. The molecule has 0 saturated carbocycles. The summed E-state index contributed by atoms with van der Waals surface area (Å²) in [7, 11) is 0. The maximum atomic E-state index is 6.43. The largest absolute Gasteiger partial charge is 0.456 e. The van der Waals surface area contributed by atoms with Crippen LogP contribution >= 0.6 is 0 Å². The van der Waals surface area contributed by atoms with Crippen LogP contribution in [-0.2, 0) is 0 Å². The third kappa shape index (κ3) is 4.82. The van der Waals surface area contributed by atoms with Gasteiger partial charge in [-0.2, -0.15) is 0 Å². The van der Waals surface area contributed by atoms with Crippen LogP contribution in [0, 0.1) is 0 Å². The number of fused-ring (bicyclic) bond motifs is 7. The zero-order chi connectivity index (χ0) is 34.9. The summed E-state index contributed by atoms with van der Waals surface area (Å²) in [4.78, 5) is 19.9. The predicted molar refractivity (Wildman–Crippen MR) is 209 cm³/mol. The zero-order valence-corrected chi connectivity index (χ0v) is 28.0. The number of hydrogen-bond acceptors (Lipinski definition) is 7. The summed E-state index contributed by atoms with van der Waals surface area (Å²) in [6, 6.07) is 52.6. The van der Waals surface area contributed by atoms with Crippen molar-refractivity contribution in [1.82, 2.24) is 19.9 Å². The van der Waals surface area contributed by atoms with Crippen molar-refractivity contribution in [3.05, 3.63) is 158 Å². The summed E-state index contributed by atoms with van der Waals surface area (Å²) >= 11 is 0. The van der Waals surface area contributed by atoms with E-state index in [1.807, 2.05) is 115 Å². The molecule has 0 aliphatic carbocycles. The van der Waals surface area contributed by atoms with Crippen LogP contribution in [0.1, 0.15) is 0 Å². The quantitative estimate of drug-likeness (QED) is 0.178. The van der Waals surface area contributed by atoms with Gasteiger partial charge < -0.3 is 13.3 Å². The van der Waals surface area contributed by atoms with Gasteiger partial charge in [0.05, 0.1) is 5.56 Å². The highest BCUT2D eigenvalue weighted by Gasteiger charge is 2.21. The molecule has 4 heterocycles. The van der Waals surface area contributed by atoms with E-state index in [-0.39, 0.29) is 0 Å². The molecule has 11 aromatic rings. The van der Waals surface area contributed by atoms with Crippen molar-refractivity contribution in [2.45, 2.75) is 0 Å². The van der Waals surface area contributed by atoms with Gasteiger partial charge in [-0.3, -0.25) is 0 Å². The normalized spacial score (nSPS) is 11.8. The first kappa shape index (κ1) is 29.4. The van der Waals surface area contributed by atoms with Crippen molar-refractivity contribution in [1.29, 1.82) is 0 Å². The average molecular weight is 683 g/mol. The van der Waals surface area contributed by atoms with E-state index in [9.17, 15) is 0 Å². The summed E-state index contributed by atoms with van der Waals surface area (Å²) in [5, 5.41) is 3.97. The minimum Gasteiger partial charge on any atom is -0.456 e. The van der Waals surface area contributed by atoms with Gasteiger partial charge in [-0.15, -0.1) is 0 Å². The molecule has 0 spiro atoms. The molecule has 248 valence electrons. The standard InChI is InChI=1S/C46H26N4O3/c1-2-10-28(11-3-1)43-48-44(50-45(49-43)34-15-8-13-32-31-12-4-6-17-37(31)52-42(32)34)33-14-9-19-40-41(33)35-26-30(24-25-38(35)51-40)27-20-22-29(23-21-27)46-47-36-16-5-7-18-39(36)53-46/h1-26H. The molecule has 0 radical (unpaired) electrons. The Bertz CT molecular complexity index is 3140. The number of rotatable bonds is 5. The second kappa shape index (κ2) is 11.6. The van der Waals surface area contributed by atoms with Crippen LogP contribution in [0.4, 0.5) is 0 Å². The maximum Gasteiger partial charge on any atom is 0.227 e. The van der Waals surface area contributed by atoms with Gasteiger partial charge in [0.2, 0.25) is 5.89 Å². The third-order valence-electron chi connectivity index (χ3n) is 9.81. The number of hydrogen-bond donors (Lipinski definition) is 0. The van der Waals surface area contributed by atoms with E-state index in [2.05, 4.69) is 47.4 Å². The predicted octanol–water partition coefficient (Wildman–Crippen LogP) is 12.1. The molecule has 7 aromatic carbocycles. The van der Waals surface area contributed by atoms with Crippen LogP contribution in [0.25, 0.3) is 112 Å². The summed E-state index contributed by atoms with van der Waals surface area (Å²) in [6.07, 6.45) is 0. The molecular formula is C46H26N4O3. The van der Waals surface area contributed by atoms with Crippen molar-refractivity contribution in [2.24, 2.45) is 0 Å². The molecule has 0 bridgehead atoms. The van der Waals surface area contributed by atoms with Crippen LogP contribution < -0.4 is 0 Å². The Labute approximate surface area is 301 Å².